The van der Waals surface area contributed by atoms with E-state index in [1.807, 2.05) is 0 Å². The van der Waals surface area contributed by atoms with E-state index in [0.29, 0.717) is 17.8 Å². The molecule has 2 fully saturated rings. The summed E-state index contributed by atoms with van der Waals surface area (Å²) in [6.45, 7) is 0. The summed E-state index contributed by atoms with van der Waals surface area (Å²) < 4.78 is 53.5. The van der Waals surface area contributed by atoms with E-state index in [1.165, 1.54) is 6.07 Å². The first-order valence-corrected chi connectivity index (χ1v) is 6.49. The Labute approximate surface area is 108 Å². The number of benzene rings is 1. The second kappa shape index (κ2) is 4.39. The highest BCUT2D eigenvalue weighted by Gasteiger charge is 2.42. The molecule has 5 heteroatoms. The molecule has 0 saturated heterocycles. The third-order valence-electron chi connectivity index (χ3n) is 3.83. The van der Waals surface area contributed by atoms with Gasteiger partial charge < -0.3 is 4.74 Å². The fourth-order valence-electron chi connectivity index (χ4n) is 2.77. The van der Waals surface area contributed by atoms with Gasteiger partial charge in [-0.3, -0.25) is 0 Å². The van der Waals surface area contributed by atoms with Crippen LogP contribution in [0.3, 0.4) is 0 Å². The summed E-state index contributed by atoms with van der Waals surface area (Å²) in [5.41, 5.74) is 0.817. The molecule has 0 radical (unpaired) electrons. The van der Waals surface area contributed by atoms with Crippen molar-refractivity contribution in [2.45, 2.75) is 38.0 Å². The molecule has 0 atom stereocenters. The molecule has 0 N–H and O–H groups in total. The van der Waals surface area contributed by atoms with Gasteiger partial charge in [-0.25, -0.2) is 4.39 Å². The zero-order valence-corrected chi connectivity index (χ0v) is 10.2. The molecule has 1 nitrogen and oxygen atoms in total. The van der Waals surface area contributed by atoms with Gasteiger partial charge in [-0.05, 0) is 61.1 Å². The molecule has 0 bridgehead atoms. The van der Waals surface area contributed by atoms with Gasteiger partial charge in [0.25, 0.3) is 0 Å². The Morgan fingerprint density at radius 2 is 1.63 bits per heavy atom. The van der Waals surface area contributed by atoms with Crippen molar-refractivity contribution in [2.24, 2.45) is 11.8 Å². The molecule has 0 aromatic heterocycles. The van der Waals surface area contributed by atoms with E-state index in [4.69, 9.17) is 0 Å². The average Bonchev–Trinajstić information content (AvgIpc) is 3.13. The molecule has 2 saturated carbocycles. The summed E-state index contributed by atoms with van der Waals surface area (Å²) in [4.78, 5) is 0. The third-order valence-corrected chi connectivity index (χ3v) is 3.83. The molecule has 3 rings (SSSR count). The Hall–Kier alpha value is -1.26. The highest BCUT2D eigenvalue weighted by molar-refractivity contribution is 5.33. The van der Waals surface area contributed by atoms with Crippen molar-refractivity contribution in [1.82, 2.24) is 0 Å². The zero-order chi connectivity index (χ0) is 13.6. The minimum Gasteiger partial charge on any atom is -0.403 e. The first-order valence-electron chi connectivity index (χ1n) is 6.49. The lowest BCUT2D eigenvalue weighted by atomic mass is 9.89. The van der Waals surface area contributed by atoms with Gasteiger partial charge in [0.05, 0.1) is 0 Å². The van der Waals surface area contributed by atoms with Gasteiger partial charge in [0.1, 0.15) is 0 Å². The topological polar surface area (TPSA) is 9.23 Å². The van der Waals surface area contributed by atoms with Crippen molar-refractivity contribution in [1.29, 1.82) is 0 Å². The SMILES string of the molecule is Fc1cc(C(C2CC2)C2CC2)ccc1OC(F)(F)F. The molecular weight excluding hydrogens is 260 g/mol. The fourth-order valence-corrected chi connectivity index (χ4v) is 2.77. The van der Waals surface area contributed by atoms with Gasteiger partial charge in [-0.1, -0.05) is 6.07 Å². The van der Waals surface area contributed by atoms with Crippen molar-refractivity contribution in [3.8, 4) is 5.75 Å². The summed E-state index contributed by atoms with van der Waals surface area (Å²) in [6, 6.07) is 3.88. The van der Waals surface area contributed by atoms with Crippen LogP contribution in [-0.2, 0) is 0 Å². The number of hydrogen-bond donors (Lipinski definition) is 0. The quantitative estimate of drug-likeness (QED) is 0.727. The van der Waals surface area contributed by atoms with E-state index in [0.717, 1.165) is 37.3 Å². The lowest BCUT2D eigenvalue weighted by Crippen LogP contribution is -2.18. The summed E-state index contributed by atoms with van der Waals surface area (Å²) >= 11 is 0. The van der Waals surface area contributed by atoms with Crippen LogP contribution < -0.4 is 4.74 Å². The Morgan fingerprint density at radius 3 is 2.05 bits per heavy atom. The number of hydrogen-bond acceptors (Lipinski definition) is 1. The minimum absolute atomic E-state index is 0.314. The van der Waals surface area contributed by atoms with Crippen molar-refractivity contribution >= 4 is 0 Å². The molecule has 0 spiro atoms. The van der Waals surface area contributed by atoms with E-state index in [1.54, 1.807) is 6.07 Å². The Balaban J connectivity index is 1.81. The van der Waals surface area contributed by atoms with Crippen molar-refractivity contribution in [2.75, 3.05) is 0 Å². The summed E-state index contributed by atoms with van der Waals surface area (Å²) in [6.07, 6.45) is -0.283. The molecular formula is C14H14F4O. The molecule has 1 aromatic rings. The average molecular weight is 274 g/mol. The van der Waals surface area contributed by atoms with Crippen LogP contribution >= 0.6 is 0 Å². The van der Waals surface area contributed by atoms with Crippen molar-refractivity contribution < 1.29 is 22.3 Å². The lowest BCUT2D eigenvalue weighted by molar-refractivity contribution is -0.275. The molecule has 19 heavy (non-hydrogen) atoms. The minimum atomic E-state index is -4.85. The molecule has 104 valence electrons. The zero-order valence-electron chi connectivity index (χ0n) is 10.2. The van der Waals surface area contributed by atoms with Crippen LogP contribution in [0.1, 0.15) is 37.2 Å². The van der Waals surface area contributed by atoms with Gasteiger partial charge in [-0.15, -0.1) is 13.2 Å². The van der Waals surface area contributed by atoms with Crippen LogP contribution in [0, 0.1) is 17.7 Å². The second-order valence-electron chi connectivity index (χ2n) is 5.44. The van der Waals surface area contributed by atoms with E-state index in [2.05, 4.69) is 4.74 Å². The maximum atomic E-state index is 13.7. The van der Waals surface area contributed by atoms with Crippen molar-refractivity contribution in [3.05, 3.63) is 29.6 Å². The molecule has 1 aromatic carbocycles. The van der Waals surface area contributed by atoms with Gasteiger partial charge in [-0.2, -0.15) is 0 Å². The van der Waals surface area contributed by atoms with Crippen LogP contribution in [0.15, 0.2) is 18.2 Å². The van der Waals surface area contributed by atoms with Gasteiger partial charge in [0, 0.05) is 0 Å². The van der Waals surface area contributed by atoms with Crippen LogP contribution in [0.2, 0.25) is 0 Å². The monoisotopic (exact) mass is 274 g/mol. The van der Waals surface area contributed by atoms with Crippen molar-refractivity contribution in [3.63, 3.8) is 0 Å². The van der Waals surface area contributed by atoms with E-state index < -0.39 is 17.9 Å². The number of ether oxygens (including phenoxy) is 1. The molecule has 0 amide bonds. The van der Waals surface area contributed by atoms with Gasteiger partial charge >= 0.3 is 6.36 Å². The molecule has 0 heterocycles. The normalized spacial score (nSPS) is 19.8. The highest BCUT2D eigenvalue weighted by atomic mass is 19.4. The maximum absolute atomic E-state index is 13.7. The Bertz CT molecular complexity index is 463. The standard InChI is InChI=1S/C14H14F4O/c15-11-7-10(5-6-12(11)19-14(16,17)18)13(8-1-2-8)9-3-4-9/h5-9,13H,1-4H2. The lowest BCUT2D eigenvalue weighted by Gasteiger charge is -2.17. The second-order valence-corrected chi connectivity index (χ2v) is 5.44. The highest BCUT2D eigenvalue weighted by Crippen LogP contribution is 2.54. The fraction of sp³-hybridized carbons (Fsp3) is 0.571. The first-order chi connectivity index (χ1) is 8.94. The predicted molar refractivity (Wildman–Crippen MR) is 61.3 cm³/mol. The van der Waals surface area contributed by atoms with Gasteiger partial charge in [0.2, 0.25) is 0 Å². The molecule has 2 aliphatic carbocycles. The smallest absolute Gasteiger partial charge is 0.403 e. The first kappa shape index (κ1) is 12.8. The number of rotatable bonds is 4. The molecule has 0 aliphatic heterocycles. The van der Waals surface area contributed by atoms with Crippen LogP contribution in [0.5, 0.6) is 5.75 Å². The third kappa shape index (κ3) is 3.01. The van der Waals surface area contributed by atoms with E-state index in [9.17, 15) is 17.6 Å². The van der Waals surface area contributed by atoms with Crippen LogP contribution in [-0.4, -0.2) is 6.36 Å². The predicted octanol–water partition coefficient (Wildman–Crippen LogP) is 4.63. The molecule has 0 unspecified atom stereocenters. The van der Waals surface area contributed by atoms with E-state index >= 15 is 0 Å². The largest absolute Gasteiger partial charge is 0.573 e. The maximum Gasteiger partial charge on any atom is 0.573 e. The summed E-state index contributed by atoms with van der Waals surface area (Å²) in [7, 11) is 0. The van der Waals surface area contributed by atoms with Crippen LogP contribution in [0.25, 0.3) is 0 Å². The Kier molecular flexibility index (Phi) is 2.95. The Morgan fingerprint density at radius 1 is 1.05 bits per heavy atom. The molecule has 2 aliphatic rings. The summed E-state index contributed by atoms with van der Waals surface area (Å²) in [5, 5.41) is 0. The van der Waals surface area contributed by atoms with E-state index in [-0.39, 0.29) is 0 Å². The van der Waals surface area contributed by atoms with Gasteiger partial charge in [0.15, 0.2) is 11.6 Å². The summed E-state index contributed by atoms with van der Waals surface area (Å²) in [5.74, 6) is -0.195. The number of halogens is 4. The number of alkyl halides is 3. The van der Waals surface area contributed by atoms with Crippen LogP contribution in [0.4, 0.5) is 17.6 Å².